The van der Waals surface area contributed by atoms with Crippen LogP contribution in [-0.4, -0.2) is 29.6 Å². The van der Waals surface area contributed by atoms with Gasteiger partial charge < -0.3 is 10.2 Å². The first-order valence-electron chi connectivity index (χ1n) is 5.59. The van der Waals surface area contributed by atoms with Gasteiger partial charge in [0.05, 0.1) is 6.20 Å². The quantitative estimate of drug-likeness (QED) is 0.862. The third kappa shape index (κ3) is 2.98. The fourth-order valence-electron chi connectivity index (χ4n) is 1.33. The van der Waals surface area contributed by atoms with Gasteiger partial charge >= 0.3 is 0 Å². The standard InChI is InChI=1S/C11H19ClN4/c1-5-8(3)16(4)10-9(12)7-14-11(15-10)13-6-2/h7-8H,5-6H2,1-4H3,(H,13,14,15). The number of hydrogen-bond donors (Lipinski definition) is 1. The zero-order chi connectivity index (χ0) is 12.1. The SMILES string of the molecule is CCNc1ncc(Cl)c(N(C)C(C)CC)n1. The van der Waals surface area contributed by atoms with Crippen molar-refractivity contribution in [3.63, 3.8) is 0 Å². The molecule has 0 saturated heterocycles. The molecule has 0 spiro atoms. The van der Waals surface area contributed by atoms with Crippen molar-refractivity contribution in [1.82, 2.24) is 9.97 Å². The van der Waals surface area contributed by atoms with Crippen LogP contribution in [0, 0.1) is 0 Å². The van der Waals surface area contributed by atoms with E-state index in [4.69, 9.17) is 11.6 Å². The monoisotopic (exact) mass is 242 g/mol. The summed E-state index contributed by atoms with van der Waals surface area (Å²) < 4.78 is 0. The van der Waals surface area contributed by atoms with Gasteiger partial charge in [-0.15, -0.1) is 0 Å². The number of anilines is 2. The molecule has 0 aromatic carbocycles. The molecule has 0 radical (unpaired) electrons. The Morgan fingerprint density at radius 1 is 1.50 bits per heavy atom. The molecule has 0 bridgehead atoms. The van der Waals surface area contributed by atoms with Gasteiger partial charge in [-0.25, -0.2) is 4.98 Å². The molecule has 1 rings (SSSR count). The maximum atomic E-state index is 6.10. The summed E-state index contributed by atoms with van der Waals surface area (Å²) in [6.45, 7) is 7.09. The summed E-state index contributed by atoms with van der Waals surface area (Å²) >= 11 is 6.10. The molecule has 0 fully saturated rings. The van der Waals surface area contributed by atoms with Gasteiger partial charge in [-0.2, -0.15) is 4.98 Å². The van der Waals surface area contributed by atoms with Crippen LogP contribution in [0.1, 0.15) is 27.2 Å². The highest BCUT2D eigenvalue weighted by molar-refractivity contribution is 6.32. The Balaban J connectivity index is 2.96. The van der Waals surface area contributed by atoms with Crippen molar-refractivity contribution in [3.8, 4) is 0 Å². The molecule has 4 nitrogen and oxygen atoms in total. The molecule has 1 aromatic rings. The molecule has 0 aliphatic heterocycles. The second-order valence-electron chi connectivity index (χ2n) is 3.76. The average Bonchev–Trinajstić information content (AvgIpc) is 2.30. The Kier molecular flexibility index (Phi) is 4.80. The van der Waals surface area contributed by atoms with Gasteiger partial charge in [0.25, 0.3) is 0 Å². The second-order valence-corrected chi connectivity index (χ2v) is 4.17. The van der Waals surface area contributed by atoms with Crippen LogP contribution in [0.15, 0.2) is 6.20 Å². The van der Waals surface area contributed by atoms with Gasteiger partial charge in [0.15, 0.2) is 5.82 Å². The van der Waals surface area contributed by atoms with E-state index < -0.39 is 0 Å². The van der Waals surface area contributed by atoms with Crippen LogP contribution in [0.2, 0.25) is 5.02 Å². The first kappa shape index (κ1) is 13.0. The topological polar surface area (TPSA) is 41.1 Å². The summed E-state index contributed by atoms with van der Waals surface area (Å²) in [5.74, 6) is 1.40. The molecule has 90 valence electrons. The van der Waals surface area contributed by atoms with Gasteiger partial charge in [-0.1, -0.05) is 18.5 Å². The Hall–Kier alpha value is -1.03. The first-order valence-corrected chi connectivity index (χ1v) is 5.97. The van der Waals surface area contributed by atoms with E-state index in [1.807, 2.05) is 14.0 Å². The molecule has 1 atom stereocenters. The smallest absolute Gasteiger partial charge is 0.224 e. The molecular weight excluding hydrogens is 224 g/mol. The Morgan fingerprint density at radius 2 is 2.19 bits per heavy atom. The van der Waals surface area contributed by atoms with Gasteiger partial charge in [0.1, 0.15) is 5.02 Å². The lowest BCUT2D eigenvalue weighted by Gasteiger charge is -2.25. The van der Waals surface area contributed by atoms with E-state index in [1.54, 1.807) is 6.20 Å². The molecule has 0 aliphatic rings. The molecule has 0 amide bonds. The highest BCUT2D eigenvalue weighted by Gasteiger charge is 2.14. The normalized spacial score (nSPS) is 12.3. The van der Waals surface area contributed by atoms with Crippen molar-refractivity contribution in [3.05, 3.63) is 11.2 Å². The largest absolute Gasteiger partial charge is 0.356 e. The Bertz CT molecular complexity index is 343. The first-order chi connectivity index (χ1) is 7.60. The van der Waals surface area contributed by atoms with Crippen molar-refractivity contribution < 1.29 is 0 Å². The maximum absolute atomic E-state index is 6.10. The van der Waals surface area contributed by atoms with Gasteiger partial charge in [0, 0.05) is 19.6 Å². The molecule has 0 saturated carbocycles. The lowest BCUT2D eigenvalue weighted by molar-refractivity contribution is 0.656. The molecule has 1 heterocycles. The van der Waals surface area contributed by atoms with Crippen LogP contribution in [0.3, 0.4) is 0 Å². The fourth-order valence-corrected chi connectivity index (χ4v) is 1.56. The number of nitrogens with zero attached hydrogens (tertiary/aromatic N) is 3. The number of aromatic nitrogens is 2. The van der Waals surface area contributed by atoms with Gasteiger partial charge in [-0.05, 0) is 20.3 Å². The van der Waals surface area contributed by atoms with E-state index in [-0.39, 0.29) is 0 Å². The molecule has 16 heavy (non-hydrogen) atoms. The number of nitrogens with one attached hydrogen (secondary N) is 1. The van der Waals surface area contributed by atoms with E-state index in [9.17, 15) is 0 Å². The summed E-state index contributed by atoms with van der Waals surface area (Å²) in [5.41, 5.74) is 0. The predicted molar refractivity (Wildman–Crippen MR) is 69.4 cm³/mol. The number of hydrogen-bond acceptors (Lipinski definition) is 4. The number of halogens is 1. The third-order valence-corrected chi connectivity index (χ3v) is 2.91. The number of rotatable bonds is 5. The van der Waals surface area contributed by atoms with Crippen LogP contribution < -0.4 is 10.2 Å². The van der Waals surface area contributed by atoms with Crippen LogP contribution >= 0.6 is 11.6 Å². The zero-order valence-electron chi connectivity index (χ0n) is 10.3. The lowest BCUT2D eigenvalue weighted by atomic mass is 10.2. The molecule has 1 unspecified atom stereocenters. The van der Waals surface area contributed by atoms with Gasteiger partial charge in [0.2, 0.25) is 5.95 Å². The summed E-state index contributed by atoms with van der Waals surface area (Å²) in [6, 6.07) is 0.405. The van der Waals surface area contributed by atoms with Crippen molar-refractivity contribution in [1.29, 1.82) is 0 Å². The summed E-state index contributed by atoms with van der Waals surface area (Å²) in [5, 5.41) is 3.67. The minimum absolute atomic E-state index is 0.405. The second kappa shape index (κ2) is 5.89. The Labute approximate surface area is 102 Å². The van der Waals surface area contributed by atoms with Crippen molar-refractivity contribution in [2.45, 2.75) is 33.2 Å². The minimum atomic E-state index is 0.405. The van der Waals surface area contributed by atoms with Gasteiger partial charge in [-0.3, -0.25) is 0 Å². The van der Waals surface area contributed by atoms with Crippen LogP contribution in [-0.2, 0) is 0 Å². The average molecular weight is 243 g/mol. The summed E-state index contributed by atoms with van der Waals surface area (Å²) in [4.78, 5) is 10.6. The highest BCUT2D eigenvalue weighted by Crippen LogP contribution is 2.24. The summed E-state index contributed by atoms with van der Waals surface area (Å²) in [7, 11) is 2.00. The van der Waals surface area contributed by atoms with E-state index in [0.29, 0.717) is 17.0 Å². The fraction of sp³-hybridized carbons (Fsp3) is 0.636. The van der Waals surface area contributed by atoms with Crippen LogP contribution in [0.4, 0.5) is 11.8 Å². The van der Waals surface area contributed by atoms with Crippen LogP contribution in [0.25, 0.3) is 0 Å². The van der Waals surface area contributed by atoms with E-state index in [2.05, 4.69) is 34.0 Å². The van der Waals surface area contributed by atoms with Crippen molar-refractivity contribution in [2.75, 3.05) is 23.8 Å². The zero-order valence-corrected chi connectivity index (χ0v) is 11.0. The lowest BCUT2D eigenvalue weighted by Crippen LogP contribution is -2.29. The highest BCUT2D eigenvalue weighted by atomic mass is 35.5. The molecule has 1 N–H and O–H groups in total. The molecular formula is C11H19ClN4. The third-order valence-electron chi connectivity index (χ3n) is 2.65. The van der Waals surface area contributed by atoms with E-state index in [0.717, 1.165) is 18.8 Å². The Morgan fingerprint density at radius 3 is 2.75 bits per heavy atom. The van der Waals surface area contributed by atoms with E-state index in [1.165, 1.54) is 0 Å². The van der Waals surface area contributed by atoms with Crippen molar-refractivity contribution in [2.24, 2.45) is 0 Å². The van der Waals surface area contributed by atoms with Crippen molar-refractivity contribution >= 4 is 23.4 Å². The van der Waals surface area contributed by atoms with Crippen LogP contribution in [0.5, 0.6) is 0 Å². The molecule has 1 aromatic heterocycles. The predicted octanol–water partition coefficient (Wildman–Crippen LogP) is 2.80. The molecule has 5 heteroatoms. The van der Waals surface area contributed by atoms with E-state index >= 15 is 0 Å². The maximum Gasteiger partial charge on any atom is 0.224 e. The minimum Gasteiger partial charge on any atom is -0.356 e. The molecule has 0 aliphatic carbocycles. The summed E-state index contributed by atoms with van der Waals surface area (Å²) in [6.07, 6.45) is 2.69.